The molecular weight excluding hydrogens is 328 g/mol. The van der Waals surface area contributed by atoms with E-state index in [0.717, 1.165) is 48.4 Å². The van der Waals surface area contributed by atoms with Crippen molar-refractivity contribution in [1.82, 2.24) is 20.1 Å². The summed E-state index contributed by atoms with van der Waals surface area (Å²) in [5.74, 6) is 1.26. The number of nitrogens with zero attached hydrogens (tertiary/aromatic N) is 3. The van der Waals surface area contributed by atoms with Gasteiger partial charge in [-0.05, 0) is 56.2 Å². The van der Waals surface area contributed by atoms with Gasteiger partial charge in [0.2, 0.25) is 0 Å². The zero-order valence-corrected chi connectivity index (χ0v) is 14.8. The number of nitrogens with one attached hydrogen (secondary N) is 1. The molecule has 1 aliphatic heterocycles. The Balaban J connectivity index is 1.42. The van der Waals surface area contributed by atoms with Crippen LogP contribution < -0.4 is 4.74 Å². The third-order valence-corrected chi connectivity index (χ3v) is 4.96. The van der Waals surface area contributed by atoms with Crippen molar-refractivity contribution in [3.8, 4) is 5.75 Å². The Bertz CT molecular complexity index is 896. The van der Waals surface area contributed by atoms with Crippen LogP contribution in [0.15, 0.2) is 42.6 Å². The van der Waals surface area contributed by atoms with Crippen molar-refractivity contribution in [2.24, 2.45) is 0 Å². The number of fused-ring (bicyclic) bond motifs is 1. The van der Waals surface area contributed by atoms with Gasteiger partial charge in [-0.3, -0.25) is 9.89 Å². The van der Waals surface area contributed by atoms with Crippen molar-refractivity contribution in [2.75, 3.05) is 19.7 Å². The molecule has 0 unspecified atom stereocenters. The van der Waals surface area contributed by atoms with Crippen LogP contribution in [0.4, 0.5) is 0 Å². The summed E-state index contributed by atoms with van der Waals surface area (Å²) in [5, 5.41) is 8.52. The summed E-state index contributed by atoms with van der Waals surface area (Å²) in [4.78, 5) is 18.9. The second-order valence-electron chi connectivity index (χ2n) is 6.54. The highest BCUT2D eigenvalue weighted by molar-refractivity contribution is 5.94. The van der Waals surface area contributed by atoms with Gasteiger partial charge in [-0.15, -0.1) is 0 Å². The summed E-state index contributed by atoms with van der Waals surface area (Å²) in [7, 11) is 0. The lowest BCUT2D eigenvalue weighted by Gasteiger charge is -2.31. The summed E-state index contributed by atoms with van der Waals surface area (Å²) in [6.45, 7) is 4.07. The van der Waals surface area contributed by atoms with Crippen LogP contribution in [0.3, 0.4) is 0 Å². The first-order chi connectivity index (χ1) is 12.8. The first-order valence-corrected chi connectivity index (χ1v) is 9.07. The van der Waals surface area contributed by atoms with E-state index >= 15 is 0 Å². The quantitative estimate of drug-likeness (QED) is 0.783. The van der Waals surface area contributed by atoms with Gasteiger partial charge in [0.05, 0.1) is 6.61 Å². The molecule has 0 saturated carbocycles. The van der Waals surface area contributed by atoms with Crippen LogP contribution in [0.1, 0.15) is 41.7 Å². The highest BCUT2D eigenvalue weighted by Crippen LogP contribution is 2.31. The molecule has 1 aromatic carbocycles. The fraction of sp³-hybridized carbons (Fsp3) is 0.350. The van der Waals surface area contributed by atoms with Gasteiger partial charge < -0.3 is 9.64 Å². The Morgan fingerprint density at radius 2 is 2.00 bits per heavy atom. The van der Waals surface area contributed by atoms with Crippen LogP contribution in [-0.2, 0) is 0 Å². The van der Waals surface area contributed by atoms with E-state index in [1.165, 1.54) is 0 Å². The maximum Gasteiger partial charge on any atom is 0.253 e. The van der Waals surface area contributed by atoms with E-state index in [-0.39, 0.29) is 5.91 Å². The lowest BCUT2D eigenvalue weighted by molar-refractivity contribution is 0.0712. The van der Waals surface area contributed by atoms with E-state index in [1.807, 2.05) is 42.2 Å². The monoisotopic (exact) mass is 350 g/mol. The number of hydrogen-bond donors (Lipinski definition) is 1. The summed E-state index contributed by atoms with van der Waals surface area (Å²) in [5.41, 5.74) is 2.61. The van der Waals surface area contributed by atoms with E-state index in [4.69, 9.17) is 4.74 Å². The Labute approximate surface area is 152 Å². The number of aromatic nitrogens is 3. The number of carbonyl (C=O) groups is 1. The third kappa shape index (κ3) is 3.14. The van der Waals surface area contributed by atoms with Crippen LogP contribution in [0.5, 0.6) is 5.75 Å². The van der Waals surface area contributed by atoms with Gasteiger partial charge in [-0.25, -0.2) is 4.98 Å². The second kappa shape index (κ2) is 7.15. The van der Waals surface area contributed by atoms with Gasteiger partial charge in [0.15, 0.2) is 5.65 Å². The molecule has 0 radical (unpaired) electrons. The van der Waals surface area contributed by atoms with Gasteiger partial charge in [-0.1, -0.05) is 0 Å². The molecule has 0 atom stereocenters. The van der Waals surface area contributed by atoms with Gasteiger partial charge in [0.25, 0.3) is 5.91 Å². The Morgan fingerprint density at radius 3 is 2.73 bits per heavy atom. The van der Waals surface area contributed by atoms with Crippen molar-refractivity contribution in [3.63, 3.8) is 0 Å². The number of amides is 1. The molecule has 6 heteroatoms. The van der Waals surface area contributed by atoms with Crippen molar-refractivity contribution in [1.29, 1.82) is 0 Å². The standard InChI is InChI=1S/C20H22N4O2/c1-2-26-16-7-5-15(6-8-16)20(25)24-12-9-14(10-13-24)18-17-4-3-11-21-19(17)23-22-18/h3-8,11,14H,2,9-10,12-13H2,1H3,(H,21,22,23). The molecule has 1 aliphatic rings. The lowest BCUT2D eigenvalue weighted by Crippen LogP contribution is -2.38. The van der Waals surface area contributed by atoms with E-state index in [0.29, 0.717) is 18.1 Å². The number of aromatic amines is 1. The Hall–Kier alpha value is -2.89. The van der Waals surface area contributed by atoms with Crippen LogP contribution in [0.25, 0.3) is 11.0 Å². The van der Waals surface area contributed by atoms with Crippen molar-refractivity contribution in [2.45, 2.75) is 25.7 Å². The van der Waals surface area contributed by atoms with Gasteiger partial charge in [0.1, 0.15) is 5.75 Å². The molecule has 2 aromatic heterocycles. The smallest absolute Gasteiger partial charge is 0.253 e. The number of pyridine rings is 1. The number of likely N-dealkylation sites (tertiary alicyclic amines) is 1. The van der Waals surface area contributed by atoms with Gasteiger partial charge in [0, 0.05) is 41.8 Å². The van der Waals surface area contributed by atoms with Crippen LogP contribution >= 0.6 is 0 Å². The van der Waals surface area contributed by atoms with Crippen molar-refractivity contribution in [3.05, 3.63) is 53.9 Å². The molecule has 0 spiro atoms. The second-order valence-corrected chi connectivity index (χ2v) is 6.54. The number of ether oxygens (including phenoxy) is 1. The number of piperidine rings is 1. The average Bonchev–Trinajstić information content (AvgIpc) is 3.13. The minimum absolute atomic E-state index is 0.0858. The van der Waals surface area contributed by atoms with E-state index in [9.17, 15) is 4.79 Å². The predicted molar refractivity (Wildman–Crippen MR) is 99.4 cm³/mol. The summed E-state index contributed by atoms with van der Waals surface area (Å²) >= 11 is 0. The molecule has 1 saturated heterocycles. The molecule has 134 valence electrons. The maximum atomic E-state index is 12.7. The zero-order valence-electron chi connectivity index (χ0n) is 14.8. The highest BCUT2D eigenvalue weighted by atomic mass is 16.5. The Morgan fingerprint density at radius 1 is 1.23 bits per heavy atom. The first-order valence-electron chi connectivity index (χ1n) is 9.07. The first kappa shape index (κ1) is 16.6. The maximum absolute atomic E-state index is 12.7. The summed E-state index contributed by atoms with van der Waals surface area (Å²) in [6, 6.07) is 11.4. The van der Waals surface area contributed by atoms with Gasteiger partial charge in [-0.2, -0.15) is 5.10 Å². The molecule has 3 aromatic rings. The van der Waals surface area contributed by atoms with Crippen LogP contribution in [-0.4, -0.2) is 45.7 Å². The third-order valence-electron chi connectivity index (χ3n) is 4.96. The molecule has 1 N–H and O–H groups in total. The number of benzene rings is 1. The normalized spacial score (nSPS) is 15.3. The number of H-pyrrole nitrogens is 1. The minimum atomic E-state index is 0.0858. The largest absolute Gasteiger partial charge is 0.494 e. The molecule has 3 heterocycles. The average molecular weight is 350 g/mol. The molecule has 26 heavy (non-hydrogen) atoms. The fourth-order valence-corrected chi connectivity index (χ4v) is 3.60. The van der Waals surface area contributed by atoms with Crippen LogP contribution in [0, 0.1) is 0 Å². The number of rotatable bonds is 4. The topological polar surface area (TPSA) is 71.1 Å². The Kier molecular flexibility index (Phi) is 4.56. The van der Waals surface area contributed by atoms with E-state index in [1.54, 1.807) is 6.20 Å². The zero-order chi connectivity index (χ0) is 17.9. The summed E-state index contributed by atoms with van der Waals surface area (Å²) in [6.07, 6.45) is 3.61. The molecule has 4 rings (SSSR count). The summed E-state index contributed by atoms with van der Waals surface area (Å²) < 4.78 is 5.44. The molecular formula is C20H22N4O2. The van der Waals surface area contributed by atoms with Crippen LogP contribution in [0.2, 0.25) is 0 Å². The minimum Gasteiger partial charge on any atom is -0.494 e. The van der Waals surface area contributed by atoms with Gasteiger partial charge >= 0.3 is 0 Å². The fourth-order valence-electron chi connectivity index (χ4n) is 3.60. The van der Waals surface area contributed by atoms with E-state index < -0.39 is 0 Å². The molecule has 6 nitrogen and oxygen atoms in total. The van der Waals surface area contributed by atoms with E-state index in [2.05, 4.69) is 21.2 Å². The number of carbonyl (C=O) groups excluding carboxylic acids is 1. The molecule has 1 amide bonds. The highest BCUT2D eigenvalue weighted by Gasteiger charge is 2.26. The SMILES string of the molecule is CCOc1ccc(C(=O)N2CCC(c3[nH]nc4ncccc34)CC2)cc1. The van der Waals surface area contributed by atoms with Crippen molar-refractivity contribution >= 4 is 16.9 Å². The lowest BCUT2D eigenvalue weighted by atomic mass is 9.91. The molecule has 0 bridgehead atoms. The number of hydrogen-bond acceptors (Lipinski definition) is 4. The predicted octanol–water partition coefficient (Wildman–Crippen LogP) is 3.38. The molecule has 0 aliphatic carbocycles. The van der Waals surface area contributed by atoms with Crippen molar-refractivity contribution < 1.29 is 9.53 Å². The molecule has 1 fully saturated rings.